The largest absolute Gasteiger partial charge is 0.472 e. The maximum absolute atomic E-state index is 13.0. The van der Waals surface area contributed by atoms with Gasteiger partial charge in [0.15, 0.2) is 6.10 Å². The van der Waals surface area contributed by atoms with Gasteiger partial charge in [-0.25, -0.2) is 4.57 Å². The molecule has 0 aromatic carbocycles. The van der Waals surface area contributed by atoms with Crippen molar-refractivity contribution in [3.8, 4) is 0 Å². The van der Waals surface area contributed by atoms with Crippen molar-refractivity contribution in [2.24, 2.45) is 0 Å². The molecule has 0 saturated carbocycles. The molecule has 0 bridgehead atoms. The number of unbranched alkanes of at least 4 members (excludes halogenated alkanes) is 29. The number of aliphatic hydroxyl groups excluding tert-OH is 1. The highest BCUT2D eigenvalue weighted by atomic mass is 31.2. The van der Waals surface area contributed by atoms with E-state index in [1.54, 1.807) is 0 Å². The van der Waals surface area contributed by atoms with Crippen molar-refractivity contribution in [2.45, 2.75) is 303 Å². The Kier molecular flexibility index (Phi) is 59.1. The van der Waals surface area contributed by atoms with Gasteiger partial charge in [-0.15, -0.1) is 0 Å². The van der Waals surface area contributed by atoms with Gasteiger partial charge in [-0.1, -0.05) is 266 Å². The molecule has 0 fully saturated rings. The second kappa shape index (κ2) is 61.7. The van der Waals surface area contributed by atoms with Crippen molar-refractivity contribution in [1.29, 1.82) is 0 Å². The first-order chi connectivity index (χ1) is 39.2. The smallest absolute Gasteiger partial charge is 0.462 e. The number of rotatable bonds is 60. The Hall–Kier alpha value is -3.34. The second-order valence-electron chi connectivity index (χ2n) is 21.5. The molecule has 12 heteroatoms. The van der Waals surface area contributed by atoms with Crippen LogP contribution in [0.25, 0.3) is 0 Å². The zero-order chi connectivity index (χ0) is 58.3. The van der Waals surface area contributed by atoms with Gasteiger partial charge in [0.05, 0.1) is 19.8 Å². The van der Waals surface area contributed by atoms with E-state index < -0.39 is 57.8 Å². The summed E-state index contributed by atoms with van der Waals surface area (Å²) in [5, 5.41) is 9.86. The van der Waals surface area contributed by atoms with Crippen LogP contribution in [0.4, 0.5) is 0 Å². The lowest BCUT2D eigenvalue weighted by atomic mass is 10.0. The van der Waals surface area contributed by atoms with Crippen LogP contribution in [0.5, 0.6) is 0 Å². The van der Waals surface area contributed by atoms with Crippen LogP contribution in [0.1, 0.15) is 290 Å². The van der Waals surface area contributed by atoms with Crippen molar-refractivity contribution in [3.63, 3.8) is 0 Å². The van der Waals surface area contributed by atoms with E-state index in [-0.39, 0.29) is 25.9 Å². The summed E-state index contributed by atoms with van der Waals surface area (Å²) in [6.07, 6.45) is 72.4. The molecule has 0 heterocycles. The molecule has 0 spiro atoms. The predicted molar refractivity (Wildman–Crippen MR) is 334 cm³/mol. The summed E-state index contributed by atoms with van der Waals surface area (Å²) in [7, 11) is -4.76. The predicted octanol–water partition coefficient (Wildman–Crippen LogP) is 19.8. The SMILES string of the molecule is CC/C=C\C/C=C\C/C=C\C/C=C\CCCCCCCCC(=O)OC(COC(=O)CCCCCCCCCCCCCCCCCCC)COP(=O)(O)OCC(CO)OC(=O)CCCCCCCCC/C=C\C/C=C\C/C=C\CC. The Bertz CT molecular complexity index is 1670. The van der Waals surface area contributed by atoms with Crippen LogP contribution >= 0.6 is 7.82 Å². The van der Waals surface area contributed by atoms with Crippen molar-refractivity contribution >= 4 is 25.7 Å². The fourth-order valence-electron chi connectivity index (χ4n) is 8.95. The van der Waals surface area contributed by atoms with Gasteiger partial charge >= 0.3 is 25.7 Å². The third-order valence-corrected chi connectivity index (χ3v) is 14.8. The minimum atomic E-state index is -4.76. The number of aliphatic hydroxyl groups is 1. The number of esters is 3. The molecular weight excluding hydrogens is 1020 g/mol. The summed E-state index contributed by atoms with van der Waals surface area (Å²) in [6, 6.07) is 0. The maximum atomic E-state index is 13.0. The monoisotopic (exact) mass is 1140 g/mol. The molecule has 0 aliphatic carbocycles. The minimum Gasteiger partial charge on any atom is -0.462 e. The van der Waals surface area contributed by atoms with Gasteiger partial charge in [-0.2, -0.15) is 0 Å². The number of phosphoric acid groups is 1. The van der Waals surface area contributed by atoms with Gasteiger partial charge in [0.25, 0.3) is 0 Å². The summed E-state index contributed by atoms with van der Waals surface area (Å²) in [4.78, 5) is 48.8. The number of hydrogen-bond acceptors (Lipinski definition) is 10. The van der Waals surface area contributed by atoms with E-state index in [2.05, 4.69) is 106 Å². The Morgan fingerprint density at radius 1 is 0.362 bits per heavy atom. The van der Waals surface area contributed by atoms with Crippen LogP contribution in [0.15, 0.2) is 85.1 Å². The van der Waals surface area contributed by atoms with E-state index >= 15 is 0 Å². The second-order valence-corrected chi connectivity index (χ2v) is 23.0. The molecular formula is C68H119O11P. The van der Waals surface area contributed by atoms with Gasteiger partial charge in [-0.3, -0.25) is 23.4 Å². The van der Waals surface area contributed by atoms with E-state index in [4.69, 9.17) is 23.3 Å². The fourth-order valence-corrected chi connectivity index (χ4v) is 9.74. The van der Waals surface area contributed by atoms with Crippen molar-refractivity contribution in [3.05, 3.63) is 85.1 Å². The average molecular weight is 1140 g/mol. The van der Waals surface area contributed by atoms with Gasteiger partial charge in [0, 0.05) is 19.3 Å². The lowest BCUT2D eigenvalue weighted by Crippen LogP contribution is -2.30. The molecule has 3 unspecified atom stereocenters. The number of carbonyl (C=O) groups excluding carboxylic acids is 3. The quantitative estimate of drug-likeness (QED) is 0.0197. The molecule has 3 atom stereocenters. The molecule has 0 radical (unpaired) electrons. The van der Waals surface area contributed by atoms with E-state index in [9.17, 15) is 28.9 Å². The van der Waals surface area contributed by atoms with Crippen LogP contribution < -0.4 is 0 Å². The van der Waals surface area contributed by atoms with E-state index in [0.29, 0.717) is 19.3 Å². The van der Waals surface area contributed by atoms with Gasteiger partial charge in [0.2, 0.25) is 0 Å². The maximum Gasteiger partial charge on any atom is 0.472 e. The lowest BCUT2D eigenvalue weighted by molar-refractivity contribution is -0.161. The van der Waals surface area contributed by atoms with Crippen LogP contribution in [0, 0.1) is 0 Å². The third kappa shape index (κ3) is 59.3. The van der Waals surface area contributed by atoms with Crippen molar-refractivity contribution < 1.29 is 52.2 Å². The van der Waals surface area contributed by atoms with Gasteiger partial charge in [-0.05, 0) is 89.9 Å². The normalized spacial score (nSPS) is 13.8. The summed E-state index contributed by atoms with van der Waals surface area (Å²) in [5.41, 5.74) is 0. The molecule has 0 aliphatic rings. The zero-order valence-electron chi connectivity index (χ0n) is 51.3. The van der Waals surface area contributed by atoms with E-state index in [1.165, 1.54) is 96.3 Å². The molecule has 0 aromatic rings. The summed E-state index contributed by atoms with van der Waals surface area (Å²) in [5.74, 6) is -1.48. The van der Waals surface area contributed by atoms with Crippen LogP contribution in [0.2, 0.25) is 0 Å². The van der Waals surface area contributed by atoms with Crippen LogP contribution in [0.3, 0.4) is 0 Å². The van der Waals surface area contributed by atoms with Crippen molar-refractivity contribution in [1.82, 2.24) is 0 Å². The first-order valence-electron chi connectivity index (χ1n) is 32.5. The fraction of sp³-hybridized carbons (Fsp3) is 0.750. The highest BCUT2D eigenvalue weighted by molar-refractivity contribution is 7.47. The number of allylic oxidation sites excluding steroid dienone is 14. The third-order valence-electron chi connectivity index (χ3n) is 13.8. The van der Waals surface area contributed by atoms with E-state index in [1.807, 2.05) is 0 Å². The standard InChI is InChI=1S/C68H119O11P/c1-4-7-10-13-16-19-22-25-28-31-32-35-38-41-44-47-50-53-56-59-68(72)79-65(61-75-66(70)57-54-51-48-45-42-39-36-33-29-26-23-20-17-14-11-8-5-2)63-77-80(73,74)76-62-64(60-69)78-67(71)58-55-52-49-46-43-40-37-34-30-27-24-21-18-15-12-9-6-3/h7,9-10,12,16,18-19,21,25,27-28,30,32,35,64-65,69H,4-6,8,11,13-15,17,20,22-24,26,29,31,33-34,36-63H2,1-3H3,(H,73,74)/b10-7-,12-9-,19-16-,21-18-,28-25-,30-27-,35-32-. The Morgan fingerprint density at radius 3 is 1.00 bits per heavy atom. The molecule has 11 nitrogen and oxygen atoms in total. The topological polar surface area (TPSA) is 155 Å². The Balaban J connectivity index is 4.72. The first-order valence-corrected chi connectivity index (χ1v) is 34.0. The van der Waals surface area contributed by atoms with Crippen LogP contribution in [-0.4, -0.2) is 66.5 Å². The Morgan fingerprint density at radius 2 is 0.650 bits per heavy atom. The molecule has 0 aliphatic heterocycles. The number of hydrogen-bond donors (Lipinski definition) is 2. The van der Waals surface area contributed by atoms with E-state index in [0.717, 1.165) is 135 Å². The highest BCUT2D eigenvalue weighted by Crippen LogP contribution is 2.43. The average Bonchev–Trinajstić information content (AvgIpc) is 3.45. The molecule has 0 rings (SSSR count). The Labute approximate surface area is 490 Å². The minimum absolute atomic E-state index is 0.150. The van der Waals surface area contributed by atoms with Crippen LogP contribution in [-0.2, 0) is 42.2 Å². The van der Waals surface area contributed by atoms with Crippen molar-refractivity contribution in [2.75, 3.05) is 26.4 Å². The lowest BCUT2D eigenvalue weighted by Gasteiger charge is -2.21. The van der Waals surface area contributed by atoms with Gasteiger partial charge in [0.1, 0.15) is 12.7 Å². The number of ether oxygens (including phenoxy) is 3. The van der Waals surface area contributed by atoms with Gasteiger partial charge < -0.3 is 24.2 Å². The molecule has 0 amide bonds. The molecule has 0 saturated heterocycles. The first kappa shape index (κ1) is 76.7. The highest BCUT2D eigenvalue weighted by Gasteiger charge is 2.28. The molecule has 80 heavy (non-hydrogen) atoms. The molecule has 0 aromatic heterocycles. The summed E-state index contributed by atoms with van der Waals surface area (Å²) >= 11 is 0. The zero-order valence-corrected chi connectivity index (χ0v) is 52.2. The molecule has 462 valence electrons. The molecule has 2 N–H and O–H groups in total. The number of carbonyl (C=O) groups is 3. The summed E-state index contributed by atoms with van der Waals surface area (Å²) < 4.78 is 39.7. The number of phosphoric ester groups is 1. The summed E-state index contributed by atoms with van der Waals surface area (Å²) in [6.45, 7) is 4.44.